The van der Waals surface area contributed by atoms with Gasteiger partial charge >= 0.3 is 5.69 Å². The van der Waals surface area contributed by atoms with Crippen LogP contribution in [-0.2, 0) is 20.6 Å². The Hall–Kier alpha value is -3.85. The number of aliphatic hydroxyl groups excluding tert-OH is 1. The van der Waals surface area contributed by atoms with Crippen molar-refractivity contribution in [2.45, 2.75) is 26.5 Å². The van der Waals surface area contributed by atoms with Crippen LogP contribution in [0.1, 0.15) is 11.1 Å². The highest BCUT2D eigenvalue weighted by atomic mass is 16.5. The molecule has 0 radical (unpaired) electrons. The summed E-state index contributed by atoms with van der Waals surface area (Å²) in [5.74, 6) is 1.03. The Labute approximate surface area is 190 Å². The molecule has 33 heavy (non-hydrogen) atoms. The van der Waals surface area contributed by atoms with Crippen LogP contribution in [0, 0.1) is 13.8 Å². The van der Waals surface area contributed by atoms with Crippen LogP contribution in [0.15, 0.2) is 58.1 Å². The number of anilines is 2. The largest absolute Gasteiger partial charge is 0.491 e. The van der Waals surface area contributed by atoms with Gasteiger partial charge in [-0.15, -0.1) is 0 Å². The van der Waals surface area contributed by atoms with Crippen LogP contribution in [0.25, 0.3) is 11.2 Å². The number of para-hydroxylation sites is 1. The zero-order valence-corrected chi connectivity index (χ0v) is 19.1. The van der Waals surface area contributed by atoms with Crippen LogP contribution in [0.3, 0.4) is 0 Å². The highest BCUT2D eigenvalue weighted by Crippen LogP contribution is 2.22. The number of aryl methyl sites for hydroxylation is 3. The molecule has 172 valence electrons. The van der Waals surface area contributed by atoms with Crippen molar-refractivity contribution in [1.29, 1.82) is 0 Å². The molecule has 4 aromatic rings. The average Bonchev–Trinajstić information content (AvgIpc) is 3.13. The van der Waals surface area contributed by atoms with Crippen LogP contribution in [0.4, 0.5) is 11.6 Å². The Morgan fingerprint density at radius 3 is 2.55 bits per heavy atom. The van der Waals surface area contributed by atoms with Crippen molar-refractivity contribution in [3.8, 4) is 5.75 Å². The van der Waals surface area contributed by atoms with Crippen LogP contribution < -0.4 is 21.3 Å². The normalized spacial score (nSPS) is 12.2. The molecule has 1 atom stereocenters. The standard InChI is InChI=1S/C24H27N5O4/c1-15-8-7-10-17(12-15)25-23-26-21-20(22(31)28(4)24(32)27(21)3)29(23)13-18(30)14-33-19-11-6-5-9-16(19)2/h5-12,18,30H,13-14H2,1-4H3,(H,25,26)/t18-/m0/s1. The average molecular weight is 450 g/mol. The first-order chi connectivity index (χ1) is 15.8. The van der Waals surface area contributed by atoms with Crippen molar-refractivity contribution < 1.29 is 9.84 Å². The van der Waals surface area contributed by atoms with Gasteiger partial charge in [0, 0.05) is 19.8 Å². The number of hydrogen-bond acceptors (Lipinski definition) is 6. The number of rotatable bonds is 7. The lowest BCUT2D eigenvalue weighted by atomic mass is 10.2. The monoisotopic (exact) mass is 449 g/mol. The zero-order valence-electron chi connectivity index (χ0n) is 19.1. The van der Waals surface area contributed by atoms with Crippen LogP contribution in [-0.4, -0.2) is 36.5 Å². The van der Waals surface area contributed by atoms with Gasteiger partial charge in [-0.05, 0) is 43.2 Å². The maximum Gasteiger partial charge on any atom is 0.332 e. The van der Waals surface area contributed by atoms with Gasteiger partial charge in [-0.25, -0.2) is 4.79 Å². The summed E-state index contributed by atoms with van der Waals surface area (Å²) < 4.78 is 9.75. The summed E-state index contributed by atoms with van der Waals surface area (Å²) in [6, 6.07) is 15.3. The number of nitrogens with one attached hydrogen (secondary N) is 1. The minimum Gasteiger partial charge on any atom is -0.491 e. The van der Waals surface area contributed by atoms with E-state index in [2.05, 4.69) is 10.3 Å². The molecule has 0 spiro atoms. The van der Waals surface area contributed by atoms with Crippen molar-refractivity contribution in [2.75, 3.05) is 11.9 Å². The van der Waals surface area contributed by atoms with E-state index >= 15 is 0 Å². The zero-order chi connectivity index (χ0) is 23.7. The maximum atomic E-state index is 13.0. The third kappa shape index (κ3) is 4.40. The third-order valence-corrected chi connectivity index (χ3v) is 5.54. The number of ether oxygens (including phenoxy) is 1. The third-order valence-electron chi connectivity index (χ3n) is 5.54. The van der Waals surface area contributed by atoms with E-state index in [0.717, 1.165) is 21.4 Å². The summed E-state index contributed by atoms with van der Waals surface area (Å²) in [4.78, 5) is 30.0. The molecule has 4 rings (SSSR count). The molecule has 0 bridgehead atoms. The molecular formula is C24H27N5O4. The lowest BCUT2D eigenvalue weighted by molar-refractivity contribution is 0.0935. The van der Waals surface area contributed by atoms with Crippen LogP contribution in [0.2, 0.25) is 0 Å². The van der Waals surface area contributed by atoms with Crippen molar-refractivity contribution in [1.82, 2.24) is 18.7 Å². The minimum atomic E-state index is -0.929. The molecule has 0 amide bonds. The number of imidazole rings is 1. The van der Waals surface area contributed by atoms with Gasteiger partial charge in [0.25, 0.3) is 5.56 Å². The molecule has 2 heterocycles. The second kappa shape index (κ2) is 8.95. The van der Waals surface area contributed by atoms with Gasteiger partial charge in [-0.1, -0.05) is 30.3 Å². The van der Waals surface area contributed by atoms with Gasteiger partial charge in [-0.2, -0.15) is 4.98 Å². The Kier molecular flexibility index (Phi) is 6.06. The summed E-state index contributed by atoms with van der Waals surface area (Å²) in [6.45, 7) is 3.98. The molecule has 0 unspecified atom stereocenters. The Morgan fingerprint density at radius 2 is 1.82 bits per heavy atom. The minimum absolute atomic E-state index is 0.0283. The lowest BCUT2D eigenvalue weighted by Crippen LogP contribution is -2.38. The van der Waals surface area contributed by atoms with E-state index in [1.165, 1.54) is 11.6 Å². The topological polar surface area (TPSA) is 103 Å². The van der Waals surface area contributed by atoms with Gasteiger partial charge in [0.05, 0.1) is 6.54 Å². The fraction of sp³-hybridized carbons (Fsp3) is 0.292. The number of fused-ring (bicyclic) bond motifs is 1. The molecule has 2 N–H and O–H groups in total. The molecule has 2 aromatic carbocycles. The molecule has 9 nitrogen and oxygen atoms in total. The van der Waals surface area contributed by atoms with E-state index in [1.807, 2.05) is 62.4 Å². The summed E-state index contributed by atoms with van der Waals surface area (Å²) in [6.07, 6.45) is -0.929. The fourth-order valence-electron chi connectivity index (χ4n) is 3.74. The number of nitrogens with zero attached hydrogens (tertiary/aromatic N) is 4. The first-order valence-electron chi connectivity index (χ1n) is 10.6. The SMILES string of the molecule is Cc1cccc(Nc2nc3c(c(=O)n(C)c(=O)n3C)n2C[C@H](O)COc2ccccc2C)c1. The van der Waals surface area contributed by atoms with E-state index in [1.54, 1.807) is 11.6 Å². The Balaban J connectivity index is 1.73. The van der Waals surface area contributed by atoms with E-state index < -0.39 is 17.4 Å². The predicted molar refractivity (Wildman–Crippen MR) is 127 cm³/mol. The van der Waals surface area contributed by atoms with Gasteiger partial charge in [0.15, 0.2) is 11.2 Å². The van der Waals surface area contributed by atoms with Crippen molar-refractivity contribution in [3.05, 3.63) is 80.5 Å². The second-order valence-corrected chi connectivity index (χ2v) is 8.15. The molecular weight excluding hydrogens is 422 g/mol. The fourth-order valence-corrected chi connectivity index (χ4v) is 3.74. The second-order valence-electron chi connectivity index (χ2n) is 8.15. The van der Waals surface area contributed by atoms with E-state index in [-0.39, 0.29) is 24.3 Å². The molecule has 0 aliphatic rings. The van der Waals surface area contributed by atoms with Crippen molar-refractivity contribution >= 4 is 22.8 Å². The lowest BCUT2D eigenvalue weighted by Gasteiger charge is -2.17. The van der Waals surface area contributed by atoms with E-state index in [4.69, 9.17) is 4.74 Å². The number of aromatic nitrogens is 4. The number of hydrogen-bond donors (Lipinski definition) is 2. The van der Waals surface area contributed by atoms with Gasteiger partial charge in [0.1, 0.15) is 18.5 Å². The van der Waals surface area contributed by atoms with Gasteiger partial charge < -0.3 is 19.7 Å². The van der Waals surface area contributed by atoms with Crippen LogP contribution in [0.5, 0.6) is 5.75 Å². The van der Waals surface area contributed by atoms with E-state index in [0.29, 0.717) is 11.7 Å². The number of aliphatic hydroxyl groups is 1. The molecule has 2 aromatic heterocycles. The smallest absolute Gasteiger partial charge is 0.332 e. The number of benzene rings is 2. The molecule has 0 saturated heterocycles. The first kappa shape index (κ1) is 22.3. The molecule has 0 aliphatic carbocycles. The molecule has 0 saturated carbocycles. The molecule has 9 heteroatoms. The van der Waals surface area contributed by atoms with Gasteiger partial charge in [-0.3, -0.25) is 13.9 Å². The van der Waals surface area contributed by atoms with Crippen molar-refractivity contribution in [3.63, 3.8) is 0 Å². The van der Waals surface area contributed by atoms with Gasteiger partial charge in [0.2, 0.25) is 5.95 Å². The summed E-state index contributed by atoms with van der Waals surface area (Å²) in [5.41, 5.74) is 2.31. The Morgan fingerprint density at radius 1 is 1.06 bits per heavy atom. The summed E-state index contributed by atoms with van der Waals surface area (Å²) >= 11 is 0. The Bertz CT molecular complexity index is 1430. The molecule has 0 fully saturated rings. The first-order valence-corrected chi connectivity index (χ1v) is 10.6. The quantitative estimate of drug-likeness (QED) is 0.449. The predicted octanol–water partition coefficient (Wildman–Crippen LogP) is 2.23. The summed E-state index contributed by atoms with van der Waals surface area (Å²) in [7, 11) is 2.99. The highest BCUT2D eigenvalue weighted by Gasteiger charge is 2.21. The van der Waals surface area contributed by atoms with Crippen molar-refractivity contribution in [2.24, 2.45) is 14.1 Å². The highest BCUT2D eigenvalue weighted by molar-refractivity contribution is 5.75. The maximum absolute atomic E-state index is 13.0. The van der Waals surface area contributed by atoms with E-state index in [9.17, 15) is 14.7 Å². The van der Waals surface area contributed by atoms with Crippen LogP contribution >= 0.6 is 0 Å². The summed E-state index contributed by atoms with van der Waals surface area (Å²) in [5, 5.41) is 14.0. The molecule has 0 aliphatic heterocycles.